The summed E-state index contributed by atoms with van der Waals surface area (Å²) in [5.41, 5.74) is 0.875. The molecule has 0 atom stereocenters. The van der Waals surface area contributed by atoms with E-state index in [1.807, 2.05) is 38.1 Å². The molecule has 0 N–H and O–H groups in total. The van der Waals surface area contributed by atoms with Gasteiger partial charge in [-0.15, -0.1) is 0 Å². The van der Waals surface area contributed by atoms with Crippen molar-refractivity contribution in [3.8, 4) is 0 Å². The quantitative estimate of drug-likeness (QED) is 0.627. The number of fused-ring (bicyclic) bond motifs is 1. The van der Waals surface area contributed by atoms with Crippen molar-refractivity contribution in [1.29, 1.82) is 0 Å². The minimum Gasteiger partial charge on any atom is -0.277 e. The molecular weight excluding hydrogens is 258 g/mol. The minimum atomic E-state index is -0.624. The van der Waals surface area contributed by atoms with Crippen LogP contribution < -0.4 is 0 Å². The van der Waals surface area contributed by atoms with Gasteiger partial charge in [-0.1, -0.05) is 25.1 Å². The second-order valence-electron chi connectivity index (χ2n) is 5.13. The maximum Gasteiger partial charge on any atom is 0.260 e. The Balaban J connectivity index is 2.35. The van der Waals surface area contributed by atoms with E-state index in [1.165, 1.54) is 4.90 Å². The monoisotopic (exact) mass is 277 g/mol. The molecule has 102 valence electrons. The van der Waals surface area contributed by atoms with Gasteiger partial charge in [-0.2, -0.15) is 11.8 Å². The highest BCUT2D eigenvalue weighted by atomic mass is 32.2. The van der Waals surface area contributed by atoms with Gasteiger partial charge in [0.1, 0.15) is 0 Å². The van der Waals surface area contributed by atoms with E-state index < -0.39 is 5.41 Å². The van der Waals surface area contributed by atoms with Gasteiger partial charge in [0, 0.05) is 17.9 Å². The average Bonchev–Trinajstić information content (AvgIpc) is 2.41. The van der Waals surface area contributed by atoms with Gasteiger partial charge in [-0.25, -0.2) is 0 Å². The van der Waals surface area contributed by atoms with Crippen LogP contribution in [-0.4, -0.2) is 34.8 Å². The van der Waals surface area contributed by atoms with E-state index in [4.69, 9.17) is 0 Å². The lowest BCUT2D eigenvalue weighted by molar-refractivity contribution is -0.134. The molecule has 1 aliphatic rings. The molecule has 2 rings (SSSR count). The smallest absolute Gasteiger partial charge is 0.260 e. The molecule has 19 heavy (non-hydrogen) atoms. The molecule has 0 saturated carbocycles. The third kappa shape index (κ3) is 2.41. The van der Waals surface area contributed by atoms with Gasteiger partial charge in [-0.05, 0) is 31.2 Å². The van der Waals surface area contributed by atoms with Gasteiger partial charge in [0.25, 0.3) is 5.91 Å². The van der Waals surface area contributed by atoms with Crippen LogP contribution >= 0.6 is 11.8 Å². The van der Waals surface area contributed by atoms with Gasteiger partial charge in [0.2, 0.25) is 5.91 Å². The molecule has 2 amide bonds. The largest absolute Gasteiger partial charge is 0.277 e. The van der Waals surface area contributed by atoms with E-state index in [0.717, 1.165) is 17.1 Å². The zero-order valence-electron chi connectivity index (χ0n) is 11.6. The van der Waals surface area contributed by atoms with Crippen LogP contribution in [0.3, 0.4) is 0 Å². The Morgan fingerprint density at radius 2 is 1.89 bits per heavy atom. The lowest BCUT2D eigenvalue weighted by Crippen LogP contribution is -2.52. The molecule has 0 unspecified atom stereocenters. The summed E-state index contributed by atoms with van der Waals surface area (Å²) in [5.74, 6) is 1.55. The van der Waals surface area contributed by atoms with Gasteiger partial charge in [0.15, 0.2) is 0 Å². The molecule has 0 aromatic heterocycles. The van der Waals surface area contributed by atoms with Crippen LogP contribution in [0.25, 0.3) is 0 Å². The van der Waals surface area contributed by atoms with Gasteiger partial charge < -0.3 is 0 Å². The Labute approximate surface area is 118 Å². The highest BCUT2D eigenvalue weighted by Crippen LogP contribution is 2.34. The van der Waals surface area contributed by atoms with Crippen LogP contribution in [0.1, 0.15) is 36.7 Å². The fourth-order valence-electron chi connectivity index (χ4n) is 2.41. The van der Waals surface area contributed by atoms with Crippen molar-refractivity contribution in [2.45, 2.75) is 26.2 Å². The van der Waals surface area contributed by atoms with Gasteiger partial charge in [0.05, 0.1) is 5.41 Å². The second-order valence-corrected chi connectivity index (χ2v) is 6.52. The van der Waals surface area contributed by atoms with E-state index in [0.29, 0.717) is 12.1 Å². The summed E-state index contributed by atoms with van der Waals surface area (Å²) < 4.78 is 0. The van der Waals surface area contributed by atoms with Gasteiger partial charge in [-0.3, -0.25) is 14.5 Å². The Morgan fingerprint density at radius 3 is 2.58 bits per heavy atom. The third-order valence-electron chi connectivity index (χ3n) is 3.52. The molecule has 0 bridgehead atoms. The molecule has 4 heteroatoms. The fraction of sp³-hybridized carbons (Fsp3) is 0.467. The molecule has 0 radical (unpaired) electrons. The van der Waals surface area contributed by atoms with Crippen LogP contribution in [0.4, 0.5) is 0 Å². The van der Waals surface area contributed by atoms with Crippen molar-refractivity contribution in [3.63, 3.8) is 0 Å². The van der Waals surface area contributed by atoms with Crippen molar-refractivity contribution in [1.82, 2.24) is 4.90 Å². The molecule has 1 aliphatic heterocycles. The summed E-state index contributed by atoms with van der Waals surface area (Å²) in [6.07, 6.45) is 0. The zero-order valence-corrected chi connectivity index (χ0v) is 12.4. The first-order valence-electron chi connectivity index (χ1n) is 6.53. The third-order valence-corrected chi connectivity index (χ3v) is 4.40. The number of thioether (sulfide) groups is 1. The van der Waals surface area contributed by atoms with Crippen LogP contribution in [0.2, 0.25) is 0 Å². The number of carbonyl (C=O) groups is 2. The average molecular weight is 277 g/mol. The van der Waals surface area contributed by atoms with Crippen LogP contribution in [0, 0.1) is 0 Å². The predicted octanol–water partition coefficient (Wildman–Crippen LogP) is 2.70. The van der Waals surface area contributed by atoms with E-state index in [-0.39, 0.29) is 11.8 Å². The van der Waals surface area contributed by atoms with Crippen molar-refractivity contribution in [2.75, 3.05) is 18.1 Å². The highest BCUT2D eigenvalue weighted by molar-refractivity contribution is 7.99. The lowest BCUT2D eigenvalue weighted by Gasteiger charge is -2.37. The number of carbonyl (C=O) groups excluding carboxylic acids is 2. The number of hydrogen-bond donors (Lipinski definition) is 0. The summed E-state index contributed by atoms with van der Waals surface area (Å²) in [4.78, 5) is 26.3. The van der Waals surface area contributed by atoms with Crippen molar-refractivity contribution < 1.29 is 9.59 Å². The standard InChI is InChI=1S/C15H19NO2S/c1-4-19-10-9-16-13(17)11-7-5-6-8-12(11)15(2,3)14(16)18/h5-8H,4,9-10H2,1-3H3. The normalized spacial score (nSPS) is 17.5. The van der Waals surface area contributed by atoms with Crippen LogP contribution in [0.15, 0.2) is 24.3 Å². The lowest BCUT2D eigenvalue weighted by atomic mass is 9.77. The van der Waals surface area contributed by atoms with Crippen molar-refractivity contribution in [3.05, 3.63) is 35.4 Å². The van der Waals surface area contributed by atoms with E-state index >= 15 is 0 Å². The molecule has 1 aromatic rings. The number of benzene rings is 1. The minimum absolute atomic E-state index is 0.0899. The molecule has 0 spiro atoms. The SMILES string of the molecule is CCSCCN1C(=O)c2ccccc2C(C)(C)C1=O. The molecule has 0 saturated heterocycles. The first-order chi connectivity index (χ1) is 9.00. The topological polar surface area (TPSA) is 37.4 Å². The van der Waals surface area contributed by atoms with Crippen molar-refractivity contribution >= 4 is 23.6 Å². The number of hydrogen-bond acceptors (Lipinski definition) is 3. The predicted molar refractivity (Wildman–Crippen MR) is 78.5 cm³/mol. The Morgan fingerprint density at radius 1 is 1.21 bits per heavy atom. The molecule has 1 aromatic carbocycles. The van der Waals surface area contributed by atoms with E-state index in [9.17, 15) is 9.59 Å². The highest BCUT2D eigenvalue weighted by Gasteiger charge is 2.43. The van der Waals surface area contributed by atoms with E-state index in [2.05, 4.69) is 6.92 Å². The van der Waals surface area contributed by atoms with Crippen molar-refractivity contribution in [2.24, 2.45) is 0 Å². The number of nitrogens with zero attached hydrogens (tertiary/aromatic N) is 1. The number of rotatable bonds is 4. The molecule has 1 heterocycles. The first-order valence-corrected chi connectivity index (χ1v) is 7.69. The number of amides is 2. The summed E-state index contributed by atoms with van der Waals surface area (Å²) in [6, 6.07) is 7.42. The Hall–Kier alpha value is -1.29. The zero-order chi connectivity index (χ0) is 14.0. The molecular formula is C15H19NO2S. The van der Waals surface area contributed by atoms with Crippen LogP contribution in [-0.2, 0) is 10.2 Å². The van der Waals surface area contributed by atoms with E-state index in [1.54, 1.807) is 11.8 Å². The summed E-state index contributed by atoms with van der Waals surface area (Å²) in [5, 5.41) is 0. The Bertz CT molecular complexity index is 511. The van der Waals surface area contributed by atoms with Gasteiger partial charge >= 0.3 is 0 Å². The summed E-state index contributed by atoms with van der Waals surface area (Å²) >= 11 is 1.74. The maximum atomic E-state index is 12.5. The Kier molecular flexibility index (Phi) is 3.99. The van der Waals surface area contributed by atoms with Crippen LogP contribution in [0.5, 0.6) is 0 Å². The fourth-order valence-corrected chi connectivity index (χ4v) is 3.01. The summed E-state index contributed by atoms with van der Waals surface area (Å²) in [6.45, 7) is 6.35. The molecule has 3 nitrogen and oxygen atoms in total. The number of imide groups is 1. The molecule has 0 aliphatic carbocycles. The molecule has 0 fully saturated rings. The second kappa shape index (κ2) is 5.37. The summed E-state index contributed by atoms with van der Waals surface area (Å²) in [7, 11) is 0. The first kappa shape index (κ1) is 14.1. The maximum absolute atomic E-state index is 12.5.